The molecule has 144 valence electrons. The number of amides is 1. The van der Waals surface area contributed by atoms with Crippen molar-refractivity contribution in [2.24, 2.45) is 4.99 Å². The highest BCUT2D eigenvalue weighted by atomic mass is 35.5. The number of carbonyl (C=O) groups is 1. The van der Waals surface area contributed by atoms with Crippen LogP contribution >= 0.6 is 11.6 Å². The maximum Gasteiger partial charge on any atom is 0.282 e. The van der Waals surface area contributed by atoms with Gasteiger partial charge in [0, 0.05) is 10.6 Å². The van der Waals surface area contributed by atoms with E-state index in [0.29, 0.717) is 28.0 Å². The Morgan fingerprint density at radius 1 is 1.03 bits per heavy atom. The van der Waals surface area contributed by atoms with E-state index in [0.717, 1.165) is 11.1 Å². The molecular weight excluding hydrogens is 388 g/mol. The number of nitrogens with zero attached hydrogens (tertiary/aromatic N) is 2. The number of halogens is 1. The number of benzene rings is 3. The zero-order valence-corrected chi connectivity index (χ0v) is 16.3. The summed E-state index contributed by atoms with van der Waals surface area (Å²) in [5.74, 6) is 1.05. The highest BCUT2D eigenvalue weighted by Crippen LogP contribution is 2.29. The van der Waals surface area contributed by atoms with Gasteiger partial charge in [0.15, 0.2) is 0 Å². The Balaban J connectivity index is 1.81. The number of amidine groups is 1. The van der Waals surface area contributed by atoms with Crippen LogP contribution in [0.25, 0.3) is 6.08 Å². The van der Waals surface area contributed by atoms with Crippen molar-refractivity contribution >= 4 is 35.1 Å². The van der Waals surface area contributed by atoms with E-state index in [-0.39, 0.29) is 11.7 Å². The molecule has 1 aliphatic heterocycles. The second-order valence-corrected chi connectivity index (χ2v) is 6.84. The fourth-order valence-electron chi connectivity index (χ4n) is 3.04. The number of phenols is 1. The molecule has 0 aliphatic carbocycles. The molecule has 0 spiro atoms. The first-order valence-electron chi connectivity index (χ1n) is 8.89. The van der Waals surface area contributed by atoms with Crippen molar-refractivity contribution in [3.05, 3.63) is 94.6 Å². The summed E-state index contributed by atoms with van der Waals surface area (Å²) in [6.07, 6.45) is 1.72. The minimum absolute atomic E-state index is 0.123. The fourth-order valence-corrected chi connectivity index (χ4v) is 3.17. The van der Waals surface area contributed by atoms with Gasteiger partial charge in [-0.05, 0) is 72.3 Å². The summed E-state index contributed by atoms with van der Waals surface area (Å²) in [5.41, 5.74) is 2.47. The molecule has 0 saturated carbocycles. The van der Waals surface area contributed by atoms with Crippen LogP contribution in [0.5, 0.6) is 11.5 Å². The molecule has 0 aromatic heterocycles. The Morgan fingerprint density at radius 2 is 1.76 bits per heavy atom. The van der Waals surface area contributed by atoms with Gasteiger partial charge < -0.3 is 9.84 Å². The van der Waals surface area contributed by atoms with Crippen LogP contribution in [-0.2, 0) is 4.79 Å². The molecule has 0 atom stereocenters. The van der Waals surface area contributed by atoms with Gasteiger partial charge in [0.05, 0.1) is 12.8 Å². The highest BCUT2D eigenvalue weighted by Gasteiger charge is 2.32. The predicted octanol–water partition coefficient (Wildman–Crippen LogP) is 4.89. The van der Waals surface area contributed by atoms with Gasteiger partial charge in [0.25, 0.3) is 5.91 Å². The molecule has 1 heterocycles. The van der Waals surface area contributed by atoms with Crippen molar-refractivity contribution in [2.75, 3.05) is 12.0 Å². The van der Waals surface area contributed by atoms with Gasteiger partial charge in [-0.15, -0.1) is 0 Å². The lowest BCUT2D eigenvalue weighted by Gasteiger charge is -2.18. The molecule has 4 rings (SSSR count). The highest BCUT2D eigenvalue weighted by molar-refractivity contribution is 6.34. The summed E-state index contributed by atoms with van der Waals surface area (Å²) >= 11 is 6.01. The van der Waals surface area contributed by atoms with Crippen molar-refractivity contribution in [3.8, 4) is 11.5 Å². The van der Waals surface area contributed by atoms with E-state index in [1.54, 1.807) is 37.5 Å². The average molecular weight is 405 g/mol. The lowest BCUT2D eigenvalue weighted by Crippen LogP contribution is -2.32. The second kappa shape index (κ2) is 7.81. The molecule has 29 heavy (non-hydrogen) atoms. The van der Waals surface area contributed by atoms with Crippen LogP contribution in [-0.4, -0.2) is 24.0 Å². The van der Waals surface area contributed by atoms with Crippen LogP contribution in [0.15, 0.2) is 83.5 Å². The number of aromatic hydroxyl groups is 1. The largest absolute Gasteiger partial charge is 0.508 e. The summed E-state index contributed by atoms with van der Waals surface area (Å²) in [5, 5.41) is 10.2. The number of rotatable bonds is 4. The van der Waals surface area contributed by atoms with Gasteiger partial charge in [0.1, 0.15) is 23.0 Å². The van der Waals surface area contributed by atoms with Crippen LogP contribution < -0.4 is 9.64 Å². The summed E-state index contributed by atoms with van der Waals surface area (Å²) in [4.78, 5) is 19.4. The summed E-state index contributed by atoms with van der Waals surface area (Å²) in [6.45, 7) is 0. The molecule has 0 bridgehead atoms. The molecule has 5 nitrogen and oxygen atoms in total. The molecule has 0 radical (unpaired) electrons. The Labute approximate surface area is 173 Å². The van der Waals surface area contributed by atoms with Crippen LogP contribution in [0.3, 0.4) is 0 Å². The van der Waals surface area contributed by atoms with E-state index in [1.165, 1.54) is 17.0 Å². The molecule has 0 unspecified atom stereocenters. The van der Waals surface area contributed by atoms with Gasteiger partial charge in [-0.3, -0.25) is 9.69 Å². The van der Waals surface area contributed by atoms with Crippen LogP contribution in [0.2, 0.25) is 5.02 Å². The fraction of sp³-hybridized carbons (Fsp3) is 0.0435. The summed E-state index contributed by atoms with van der Waals surface area (Å²) in [7, 11) is 1.59. The number of phenolic OH excluding ortho intramolecular Hbond substituents is 1. The Kier molecular flexibility index (Phi) is 5.06. The van der Waals surface area contributed by atoms with Gasteiger partial charge in [-0.25, -0.2) is 4.99 Å². The van der Waals surface area contributed by atoms with E-state index in [4.69, 9.17) is 16.3 Å². The van der Waals surface area contributed by atoms with E-state index in [9.17, 15) is 9.90 Å². The number of methoxy groups -OCH3 is 1. The molecule has 3 aromatic rings. The Bertz CT molecular complexity index is 1120. The molecule has 1 amide bonds. The Morgan fingerprint density at radius 3 is 2.45 bits per heavy atom. The maximum absolute atomic E-state index is 13.2. The quantitative estimate of drug-likeness (QED) is 0.630. The minimum atomic E-state index is -0.261. The maximum atomic E-state index is 13.2. The number of ether oxygens (including phenoxy) is 1. The zero-order chi connectivity index (χ0) is 20.4. The monoisotopic (exact) mass is 404 g/mol. The molecule has 0 fully saturated rings. The number of hydrogen-bond donors (Lipinski definition) is 1. The third kappa shape index (κ3) is 3.86. The zero-order valence-electron chi connectivity index (χ0n) is 15.5. The third-order valence-electron chi connectivity index (χ3n) is 4.47. The van der Waals surface area contributed by atoms with Gasteiger partial charge in [-0.2, -0.15) is 0 Å². The van der Waals surface area contributed by atoms with Gasteiger partial charge >= 0.3 is 0 Å². The molecule has 1 N–H and O–H groups in total. The van der Waals surface area contributed by atoms with Crippen molar-refractivity contribution in [2.45, 2.75) is 0 Å². The smallest absolute Gasteiger partial charge is 0.282 e. The first kappa shape index (κ1) is 18.8. The molecular formula is C23H17ClN2O3. The molecule has 6 heteroatoms. The third-order valence-corrected chi connectivity index (χ3v) is 4.72. The SMILES string of the molecule is COc1cccc(C=C2N=C(c3ccc(Cl)cc3)N(c3ccc(O)cc3)C2=O)c1. The Hall–Kier alpha value is -3.57. The number of aliphatic imine (C=N–C) groups is 1. The second-order valence-electron chi connectivity index (χ2n) is 6.41. The van der Waals surface area contributed by atoms with E-state index >= 15 is 0 Å². The van der Waals surface area contributed by atoms with Crippen LogP contribution in [0, 0.1) is 0 Å². The van der Waals surface area contributed by atoms with Crippen molar-refractivity contribution < 1.29 is 14.6 Å². The number of hydrogen-bond acceptors (Lipinski definition) is 4. The van der Waals surface area contributed by atoms with Gasteiger partial charge in [-0.1, -0.05) is 23.7 Å². The standard InChI is InChI=1S/C23H17ClN2O3/c1-29-20-4-2-3-15(13-20)14-21-23(28)26(18-9-11-19(27)12-10-18)22(25-21)16-5-7-17(24)8-6-16/h2-14,27H,1H3. The summed E-state index contributed by atoms with van der Waals surface area (Å²) in [6, 6.07) is 21.0. The lowest BCUT2D eigenvalue weighted by molar-refractivity contribution is -0.113. The minimum Gasteiger partial charge on any atom is -0.508 e. The lowest BCUT2D eigenvalue weighted by atomic mass is 10.1. The van der Waals surface area contributed by atoms with Crippen molar-refractivity contribution in [3.63, 3.8) is 0 Å². The molecule has 1 aliphatic rings. The van der Waals surface area contributed by atoms with E-state index in [2.05, 4.69) is 4.99 Å². The van der Waals surface area contributed by atoms with Crippen LogP contribution in [0.4, 0.5) is 5.69 Å². The normalized spacial score (nSPS) is 15.0. The van der Waals surface area contributed by atoms with Crippen molar-refractivity contribution in [1.82, 2.24) is 0 Å². The first-order valence-corrected chi connectivity index (χ1v) is 9.27. The average Bonchev–Trinajstić information content (AvgIpc) is 3.05. The number of anilines is 1. The molecule has 3 aromatic carbocycles. The van der Waals surface area contributed by atoms with E-state index in [1.807, 2.05) is 36.4 Å². The van der Waals surface area contributed by atoms with Gasteiger partial charge in [0.2, 0.25) is 0 Å². The number of carbonyl (C=O) groups excluding carboxylic acids is 1. The van der Waals surface area contributed by atoms with Crippen LogP contribution in [0.1, 0.15) is 11.1 Å². The first-order chi connectivity index (χ1) is 14.0. The predicted molar refractivity (Wildman–Crippen MR) is 115 cm³/mol. The van der Waals surface area contributed by atoms with E-state index < -0.39 is 0 Å². The van der Waals surface area contributed by atoms with Crippen molar-refractivity contribution in [1.29, 1.82) is 0 Å². The topological polar surface area (TPSA) is 62.1 Å². The summed E-state index contributed by atoms with van der Waals surface area (Å²) < 4.78 is 5.25. The molecule has 0 saturated heterocycles.